The Morgan fingerprint density at radius 3 is 2.13 bits per heavy atom. The van der Waals surface area contributed by atoms with Crippen molar-refractivity contribution in [2.45, 2.75) is 63.6 Å². The van der Waals surface area contributed by atoms with Gasteiger partial charge in [0.05, 0.1) is 12.8 Å². The van der Waals surface area contributed by atoms with Gasteiger partial charge in [0.15, 0.2) is 5.65 Å². The van der Waals surface area contributed by atoms with E-state index in [0.29, 0.717) is 18.0 Å². The molecule has 0 aliphatic heterocycles. The smallest absolute Gasteiger partial charge is 0.261 e. The fourth-order valence-electron chi connectivity index (χ4n) is 5.87. The number of nitrogens with one attached hydrogen (secondary N) is 1. The van der Waals surface area contributed by atoms with Gasteiger partial charge in [-0.1, -0.05) is 81.4 Å². The molecule has 0 bridgehead atoms. The first-order chi connectivity index (χ1) is 18.3. The highest BCUT2D eigenvalue weighted by atomic mass is 35.5. The number of rotatable bonds is 8. The summed E-state index contributed by atoms with van der Waals surface area (Å²) in [5, 5.41) is 15.4. The van der Waals surface area contributed by atoms with E-state index in [2.05, 4.69) is 106 Å². The van der Waals surface area contributed by atoms with Crippen LogP contribution >= 0.6 is 11.6 Å². The van der Waals surface area contributed by atoms with Crippen LogP contribution in [-0.2, 0) is 4.43 Å². The van der Waals surface area contributed by atoms with Crippen molar-refractivity contribution in [3.8, 4) is 0 Å². The average Bonchev–Trinajstić information content (AvgIpc) is 3.28. The van der Waals surface area contributed by atoms with Gasteiger partial charge in [-0.3, -0.25) is 4.57 Å². The molecular formula is C29H36ClN5O2Si. The minimum atomic E-state index is -2.60. The van der Waals surface area contributed by atoms with Crippen molar-refractivity contribution in [2.75, 3.05) is 18.5 Å². The van der Waals surface area contributed by atoms with E-state index in [0.717, 1.165) is 31.3 Å². The molecule has 0 amide bonds. The van der Waals surface area contributed by atoms with Crippen LogP contribution in [0.3, 0.4) is 0 Å². The zero-order chi connectivity index (χ0) is 26.8. The van der Waals surface area contributed by atoms with Crippen LogP contribution in [0.25, 0.3) is 11.2 Å². The number of benzene rings is 2. The Kier molecular flexibility index (Phi) is 7.86. The molecule has 0 atom stereocenters. The van der Waals surface area contributed by atoms with Gasteiger partial charge in [0.25, 0.3) is 8.32 Å². The number of imidazole rings is 1. The standard InChI is InChI=1S/C29H36ClN5O2Si/c1-29(2,3)38(23-10-6-4-7-11-23,24-12-8-5-9-13-24)37-22-16-14-21(15-17-22)35-26-25(20-32-27(30)34-26)33-28(35)31-18-19-36/h4-13,20-22,36H,14-19H2,1-3H3,(H,31,33)/t21-,22-. The molecule has 7 nitrogen and oxygen atoms in total. The molecule has 1 fully saturated rings. The summed E-state index contributed by atoms with van der Waals surface area (Å²) < 4.78 is 9.54. The van der Waals surface area contributed by atoms with Crippen LogP contribution < -0.4 is 15.7 Å². The molecule has 0 unspecified atom stereocenters. The Labute approximate surface area is 230 Å². The summed E-state index contributed by atoms with van der Waals surface area (Å²) in [5.74, 6) is 0.696. The van der Waals surface area contributed by atoms with E-state index in [1.165, 1.54) is 10.4 Å². The minimum absolute atomic E-state index is 0.0225. The van der Waals surface area contributed by atoms with Gasteiger partial charge in [-0.2, -0.15) is 4.98 Å². The zero-order valence-corrected chi connectivity index (χ0v) is 24.0. The van der Waals surface area contributed by atoms with Gasteiger partial charge in [0.2, 0.25) is 11.2 Å². The van der Waals surface area contributed by atoms with E-state index in [9.17, 15) is 5.11 Å². The lowest BCUT2D eigenvalue weighted by atomic mass is 9.93. The van der Waals surface area contributed by atoms with Crippen molar-refractivity contribution >= 4 is 47.4 Å². The molecule has 2 heterocycles. The van der Waals surface area contributed by atoms with E-state index < -0.39 is 8.32 Å². The Bertz CT molecular complexity index is 1310. The molecule has 9 heteroatoms. The number of fused-ring (bicyclic) bond motifs is 1. The molecule has 2 aromatic carbocycles. The molecular weight excluding hydrogens is 514 g/mol. The highest BCUT2D eigenvalue weighted by Crippen LogP contribution is 2.41. The number of aliphatic hydroxyl groups is 1. The topological polar surface area (TPSA) is 85.1 Å². The SMILES string of the molecule is CC(C)(C)[Si](O[C@H]1CC[C@H](n2c(NCCO)nc3cnc(Cl)nc32)CC1)(c1ccccc1)c1ccccc1. The molecule has 1 saturated carbocycles. The summed E-state index contributed by atoms with van der Waals surface area (Å²) >= 11 is 6.16. The van der Waals surface area contributed by atoms with Gasteiger partial charge in [-0.05, 0) is 52.7 Å². The fraction of sp³-hybridized carbons (Fsp3) is 0.414. The number of aliphatic hydroxyl groups excluding tert-OH is 1. The third-order valence-electron chi connectivity index (χ3n) is 7.57. The molecule has 38 heavy (non-hydrogen) atoms. The quantitative estimate of drug-likeness (QED) is 0.239. The van der Waals surface area contributed by atoms with Gasteiger partial charge in [0.1, 0.15) is 5.52 Å². The van der Waals surface area contributed by atoms with E-state index >= 15 is 0 Å². The minimum Gasteiger partial charge on any atom is -0.404 e. The number of hydrogen-bond donors (Lipinski definition) is 2. The molecule has 1 aliphatic rings. The number of aromatic nitrogens is 4. The van der Waals surface area contributed by atoms with Crippen molar-refractivity contribution in [2.24, 2.45) is 0 Å². The Hall–Kier alpha value is -2.78. The van der Waals surface area contributed by atoms with E-state index in [4.69, 9.17) is 16.0 Å². The maximum atomic E-state index is 9.38. The van der Waals surface area contributed by atoms with Gasteiger partial charge >= 0.3 is 0 Å². The predicted molar refractivity (Wildman–Crippen MR) is 156 cm³/mol. The number of nitrogens with zero attached hydrogens (tertiary/aromatic N) is 4. The molecule has 4 aromatic rings. The first-order valence-electron chi connectivity index (χ1n) is 13.4. The second-order valence-corrected chi connectivity index (χ2v) is 15.6. The predicted octanol–water partition coefficient (Wildman–Crippen LogP) is 4.94. The highest BCUT2D eigenvalue weighted by molar-refractivity contribution is 6.99. The Balaban J connectivity index is 1.45. The third kappa shape index (κ3) is 5.10. The first-order valence-corrected chi connectivity index (χ1v) is 15.7. The van der Waals surface area contributed by atoms with Crippen LogP contribution in [0.1, 0.15) is 52.5 Å². The zero-order valence-electron chi connectivity index (χ0n) is 22.3. The summed E-state index contributed by atoms with van der Waals surface area (Å²) in [5.41, 5.74) is 1.42. The molecule has 0 saturated heterocycles. The maximum absolute atomic E-state index is 9.38. The van der Waals surface area contributed by atoms with Crippen LogP contribution in [0.2, 0.25) is 10.3 Å². The van der Waals surface area contributed by atoms with Gasteiger partial charge in [-0.15, -0.1) is 0 Å². The highest BCUT2D eigenvalue weighted by Gasteiger charge is 2.51. The monoisotopic (exact) mass is 549 g/mol. The molecule has 0 radical (unpaired) electrons. The second kappa shape index (κ2) is 11.1. The molecule has 5 rings (SSSR count). The number of halogens is 1. The van der Waals surface area contributed by atoms with Crippen molar-refractivity contribution in [3.63, 3.8) is 0 Å². The van der Waals surface area contributed by atoms with Crippen molar-refractivity contribution in [1.82, 2.24) is 19.5 Å². The first kappa shape index (κ1) is 26.8. The van der Waals surface area contributed by atoms with E-state index in [-0.39, 0.29) is 29.1 Å². The van der Waals surface area contributed by atoms with Gasteiger partial charge in [-0.25, -0.2) is 9.97 Å². The maximum Gasteiger partial charge on any atom is 0.261 e. The lowest BCUT2D eigenvalue weighted by Crippen LogP contribution is -2.67. The summed E-state index contributed by atoms with van der Waals surface area (Å²) in [6, 6.07) is 21.9. The summed E-state index contributed by atoms with van der Waals surface area (Å²) in [6.07, 6.45) is 5.55. The fourth-order valence-corrected chi connectivity index (χ4v) is 10.8. The molecule has 2 N–H and O–H groups in total. The van der Waals surface area contributed by atoms with E-state index in [1.54, 1.807) is 6.20 Å². The van der Waals surface area contributed by atoms with Crippen molar-refractivity contribution in [3.05, 3.63) is 72.1 Å². The number of hydrogen-bond acceptors (Lipinski definition) is 6. The van der Waals surface area contributed by atoms with Crippen molar-refractivity contribution < 1.29 is 9.53 Å². The lowest BCUT2D eigenvalue weighted by molar-refractivity contribution is 0.124. The third-order valence-corrected chi connectivity index (χ3v) is 12.8. The normalized spacial score (nSPS) is 18.6. The lowest BCUT2D eigenvalue weighted by Gasteiger charge is -2.46. The molecule has 1 aliphatic carbocycles. The molecule has 2 aromatic heterocycles. The van der Waals surface area contributed by atoms with Crippen molar-refractivity contribution in [1.29, 1.82) is 0 Å². The average molecular weight is 550 g/mol. The summed E-state index contributed by atoms with van der Waals surface area (Å²) in [7, 11) is -2.60. The molecule has 0 spiro atoms. The Morgan fingerprint density at radius 2 is 1.58 bits per heavy atom. The van der Waals surface area contributed by atoms with Gasteiger partial charge < -0.3 is 14.8 Å². The molecule has 200 valence electrons. The Morgan fingerprint density at radius 1 is 0.974 bits per heavy atom. The summed E-state index contributed by atoms with van der Waals surface area (Å²) in [6.45, 7) is 7.41. The van der Waals surface area contributed by atoms with Crippen LogP contribution in [0.15, 0.2) is 66.9 Å². The van der Waals surface area contributed by atoms with E-state index in [1.807, 2.05) is 0 Å². The summed E-state index contributed by atoms with van der Waals surface area (Å²) in [4.78, 5) is 13.3. The van der Waals surface area contributed by atoms with Crippen LogP contribution in [0, 0.1) is 0 Å². The largest absolute Gasteiger partial charge is 0.404 e. The second-order valence-electron chi connectivity index (χ2n) is 11.0. The van der Waals surface area contributed by atoms with Gasteiger partial charge in [0, 0.05) is 18.7 Å². The van der Waals surface area contributed by atoms with Crippen LogP contribution in [0.5, 0.6) is 0 Å². The number of anilines is 1. The van der Waals surface area contributed by atoms with Crippen LogP contribution in [0.4, 0.5) is 5.95 Å². The van der Waals surface area contributed by atoms with Crippen LogP contribution in [-0.4, -0.2) is 52.2 Å².